The van der Waals surface area contributed by atoms with E-state index in [0.717, 1.165) is 5.69 Å². The molecular formula is C8H8N2O2S. The molecule has 1 fully saturated rings. The minimum absolute atomic E-state index is 0.000213. The molecule has 13 heavy (non-hydrogen) atoms. The van der Waals surface area contributed by atoms with E-state index in [1.807, 2.05) is 5.38 Å². The van der Waals surface area contributed by atoms with Crippen LogP contribution in [0, 0.1) is 0 Å². The number of hydrogen-bond acceptors (Lipinski definition) is 4. The fraction of sp³-hybridized carbons (Fsp3) is 0.375. The Morgan fingerprint density at radius 2 is 2.38 bits per heavy atom. The lowest BCUT2D eigenvalue weighted by Crippen LogP contribution is -2.24. The van der Waals surface area contributed by atoms with Crippen molar-refractivity contribution >= 4 is 23.0 Å². The minimum atomic E-state index is -0.0852. The fourth-order valence-electron chi connectivity index (χ4n) is 1.29. The molecule has 0 atom stereocenters. The molecule has 0 unspecified atom stereocenters. The molecule has 0 radical (unpaired) electrons. The van der Waals surface area contributed by atoms with Crippen LogP contribution in [0.15, 0.2) is 10.9 Å². The van der Waals surface area contributed by atoms with Crippen molar-refractivity contribution in [3.63, 3.8) is 0 Å². The molecule has 0 N–H and O–H groups in total. The smallest absolute Gasteiger partial charge is 0.230 e. The van der Waals surface area contributed by atoms with Gasteiger partial charge in [0.25, 0.3) is 0 Å². The number of carbonyl (C=O) groups is 2. The van der Waals surface area contributed by atoms with Crippen LogP contribution in [0.5, 0.6) is 0 Å². The lowest BCUT2D eigenvalue weighted by atomic mass is 10.3. The van der Waals surface area contributed by atoms with Crippen molar-refractivity contribution in [3.05, 3.63) is 16.6 Å². The number of Topliss-reactive ketones (excluding diaryl/α,β-unsaturated/α-hetero) is 1. The van der Waals surface area contributed by atoms with Crippen molar-refractivity contribution in [1.29, 1.82) is 0 Å². The highest BCUT2D eigenvalue weighted by Gasteiger charge is 2.27. The van der Waals surface area contributed by atoms with Gasteiger partial charge >= 0.3 is 0 Å². The van der Waals surface area contributed by atoms with E-state index >= 15 is 0 Å². The number of nitrogens with zero attached hydrogens (tertiary/aromatic N) is 2. The van der Waals surface area contributed by atoms with Gasteiger partial charge in [-0.3, -0.25) is 9.59 Å². The lowest BCUT2D eigenvalue weighted by Gasteiger charge is -2.11. The van der Waals surface area contributed by atoms with Crippen molar-refractivity contribution in [1.82, 2.24) is 9.88 Å². The van der Waals surface area contributed by atoms with Gasteiger partial charge in [0.1, 0.15) is 0 Å². The molecule has 68 valence electrons. The normalized spacial score (nSPS) is 17.1. The van der Waals surface area contributed by atoms with Gasteiger partial charge in [-0.05, 0) is 0 Å². The third kappa shape index (κ3) is 1.75. The zero-order valence-corrected chi connectivity index (χ0v) is 7.71. The maximum Gasteiger partial charge on any atom is 0.230 e. The molecule has 0 spiro atoms. The number of thiazole rings is 1. The molecule has 1 saturated heterocycles. The van der Waals surface area contributed by atoms with Crippen LogP contribution < -0.4 is 0 Å². The van der Waals surface area contributed by atoms with Gasteiger partial charge in [-0.15, -0.1) is 11.3 Å². The predicted octanol–water partition coefficient (Wildman–Crippen LogP) is 0.444. The van der Waals surface area contributed by atoms with Crippen LogP contribution in [-0.4, -0.2) is 28.1 Å². The monoisotopic (exact) mass is 196 g/mol. The number of carbonyl (C=O) groups excluding carboxylic acids is 2. The third-order valence-corrected chi connectivity index (χ3v) is 2.54. The second-order valence-corrected chi connectivity index (χ2v) is 3.66. The van der Waals surface area contributed by atoms with Gasteiger partial charge in [-0.2, -0.15) is 0 Å². The number of likely N-dealkylation sites (tertiary alicyclic amines) is 1. The van der Waals surface area contributed by atoms with E-state index in [1.54, 1.807) is 5.51 Å². The SMILES string of the molecule is O=C1CC(=O)N(Cc2cscn2)C1. The first-order valence-corrected chi connectivity index (χ1v) is 4.86. The average molecular weight is 196 g/mol. The van der Waals surface area contributed by atoms with E-state index in [-0.39, 0.29) is 24.7 Å². The third-order valence-electron chi connectivity index (χ3n) is 1.90. The van der Waals surface area contributed by atoms with Crippen LogP contribution in [0.25, 0.3) is 0 Å². The molecule has 1 aliphatic rings. The highest BCUT2D eigenvalue weighted by atomic mass is 32.1. The molecule has 0 aromatic carbocycles. The number of aromatic nitrogens is 1. The summed E-state index contributed by atoms with van der Waals surface area (Å²) < 4.78 is 0. The second kappa shape index (κ2) is 3.26. The highest BCUT2D eigenvalue weighted by molar-refractivity contribution is 7.07. The first-order valence-electron chi connectivity index (χ1n) is 3.92. The molecule has 2 rings (SSSR count). The Labute approximate surface area is 79.2 Å². The molecule has 0 bridgehead atoms. The van der Waals surface area contributed by atoms with Crippen molar-refractivity contribution in [3.8, 4) is 0 Å². The number of hydrogen-bond donors (Lipinski definition) is 0. The van der Waals surface area contributed by atoms with Crippen molar-refractivity contribution in [2.24, 2.45) is 0 Å². The molecule has 1 aromatic rings. The minimum Gasteiger partial charge on any atom is -0.329 e. The van der Waals surface area contributed by atoms with Gasteiger partial charge in [0.2, 0.25) is 5.91 Å². The van der Waals surface area contributed by atoms with Crippen molar-refractivity contribution in [2.45, 2.75) is 13.0 Å². The zero-order valence-electron chi connectivity index (χ0n) is 6.90. The van der Waals surface area contributed by atoms with E-state index < -0.39 is 0 Å². The molecule has 0 saturated carbocycles. The van der Waals surface area contributed by atoms with Crippen LogP contribution >= 0.6 is 11.3 Å². The molecule has 1 amide bonds. The largest absolute Gasteiger partial charge is 0.329 e. The first kappa shape index (κ1) is 8.37. The van der Waals surface area contributed by atoms with Gasteiger partial charge in [0, 0.05) is 5.38 Å². The summed E-state index contributed by atoms with van der Waals surface area (Å²) in [5.74, 6) is -0.0850. The summed E-state index contributed by atoms with van der Waals surface area (Å²) >= 11 is 1.49. The standard InChI is InChI=1S/C8H8N2O2S/c11-7-1-8(12)10(3-7)2-6-4-13-5-9-6/h4-5H,1-3H2. The average Bonchev–Trinajstić information content (AvgIpc) is 2.63. The summed E-state index contributed by atoms with van der Waals surface area (Å²) in [7, 11) is 0. The summed E-state index contributed by atoms with van der Waals surface area (Å²) in [6.45, 7) is 0.713. The van der Waals surface area contributed by atoms with Crippen molar-refractivity contribution in [2.75, 3.05) is 6.54 Å². The van der Waals surface area contributed by atoms with Crippen LogP contribution in [-0.2, 0) is 16.1 Å². The van der Waals surface area contributed by atoms with E-state index in [4.69, 9.17) is 0 Å². The van der Waals surface area contributed by atoms with E-state index in [1.165, 1.54) is 16.2 Å². The molecule has 0 aliphatic carbocycles. The Morgan fingerprint density at radius 3 is 2.92 bits per heavy atom. The van der Waals surface area contributed by atoms with Gasteiger partial charge in [-0.1, -0.05) is 0 Å². The summed E-state index contributed by atoms with van der Waals surface area (Å²) in [4.78, 5) is 27.7. The maximum atomic E-state index is 11.2. The van der Waals surface area contributed by atoms with Crippen LogP contribution in [0.4, 0.5) is 0 Å². The van der Waals surface area contributed by atoms with Gasteiger partial charge < -0.3 is 4.90 Å². The Kier molecular flexibility index (Phi) is 2.10. The summed E-state index contributed by atoms with van der Waals surface area (Å²) in [6.07, 6.45) is 0.0597. The fourth-order valence-corrected chi connectivity index (χ4v) is 1.84. The molecule has 4 nitrogen and oxygen atoms in total. The molecule has 5 heteroatoms. The molecule has 2 heterocycles. The van der Waals surface area contributed by atoms with Crippen LogP contribution in [0.2, 0.25) is 0 Å². The Morgan fingerprint density at radius 1 is 1.54 bits per heavy atom. The summed E-state index contributed by atoms with van der Waals surface area (Å²) in [6, 6.07) is 0. The van der Waals surface area contributed by atoms with Gasteiger partial charge in [0.05, 0.1) is 30.7 Å². The zero-order chi connectivity index (χ0) is 9.26. The van der Waals surface area contributed by atoms with Crippen LogP contribution in [0.1, 0.15) is 12.1 Å². The van der Waals surface area contributed by atoms with E-state index in [0.29, 0.717) is 6.54 Å². The summed E-state index contributed by atoms with van der Waals surface area (Å²) in [5, 5.41) is 1.88. The van der Waals surface area contributed by atoms with Crippen LogP contribution in [0.3, 0.4) is 0 Å². The Bertz CT molecular complexity index is 334. The van der Waals surface area contributed by atoms with Gasteiger partial charge in [0.15, 0.2) is 5.78 Å². The number of amides is 1. The summed E-state index contributed by atoms with van der Waals surface area (Å²) in [5.41, 5.74) is 2.57. The number of rotatable bonds is 2. The Balaban J connectivity index is 2.03. The second-order valence-electron chi connectivity index (χ2n) is 2.95. The Hall–Kier alpha value is -1.23. The lowest BCUT2D eigenvalue weighted by molar-refractivity contribution is -0.128. The first-order chi connectivity index (χ1) is 6.25. The van der Waals surface area contributed by atoms with Gasteiger partial charge in [-0.25, -0.2) is 4.98 Å². The maximum absolute atomic E-state index is 11.2. The van der Waals surface area contributed by atoms with E-state index in [9.17, 15) is 9.59 Å². The number of ketones is 1. The van der Waals surface area contributed by atoms with E-state index in [2.05, 4.69) is 4.98 Å². The highest BCUT2D eigenvalue weighted by Crippen LogP contribution is 2.11. The van der Waals surface area contributed by atoms with Crippen molar-refractivity contribution < 1.29 is 9.59 Å². The molecular weight excluding hydrogens is 188 g/mol. The molecule has 1 aromatic heterocycles. The molecule has 1 aliphatic heterocycles. The predicted molar refractivity (Wildman–Crippen MR) is 47.2 cm³/mol. The topological polar surface area (TPSA) is 50.3 Å². The quantitative estimate of drug-likeness (QED) is 0.645.